The quantitative estimate of drug-likeness (QED) is 0.770. The molecule has 0 unspecified atom stereocenters. The SMILES string of the molecule is O=C(Nc1cccnn1)N1CCN(c2cncc(-c3ccccc3)n2)CC1. The fraction of sp³-hybridized carbons (Fsp3) is 0.211. The maximum absolute atomic E-state index is 12.4. The van der Waals surface area contributed by atoms with Crippen molar-refractivity contribution in [1.82, 2.24) is 25.1 Å². The maximum atomic E-state index is 12.4. The van der Waals surface area contributed by atoms with Crippen LogP contribution in [0.15, 0.2) is 61.1 Å². The third-order valence-corrected chi connectivity index (χ3v) is 4.39. The van der Waals surface area contributed by atoms with Crippen LogP contribution < -0.4 is 10.2 Å². The predicted octanol–water partition coefficient (Wildman–Crippen LogP) is 2.29. The molecule has 1 aliphatic rings. The van der Waals surface area contributed by atoms with E-state index in [1.807, 2.05) is 30.3 Å². The minimum Gasteiger partial charge on any atom is -0.352 e. The number of amides is 2. The van der Waals surface area contributed by atoms with Gasteiger partial charge in [-0.1, -0.05) is 30.3 Å². The monoisotopic (exact) mass is 361 g/mol. The van der Waals surface area contributed by atoms with E-state index in [0.29, 0.717) is 32.0 Å². The molecule has 1 fully saturated rings. The minimum atomic E-state index is -0.167. The van der Waals surface area contributed by atoms with Gasteiger partial charge in [0.2, 0.25) is 0 Å². The van der Waals surface area contributed by atoms with Crippen LogP contribution >= 0.6 is 0 Å². The summed E-state index contributed by atoms with van der Waals surface area (Å²) in [6.45, 7) is 2.59. The van der Waals surface area contributed by atoms with Gasteiger partial charge < -0.3 is 9.80 Å². The van der Waals surface area contributed by atoms with Crippen LogP contribution in [0.4, 0.5) is 16.4 Å². The highest BCUT2D eigenvalue weighted by Crippen LogP contribution is 2.20. The highest BCUT2D eigenvalue weighted by atomic mass is 16.2. The van der Waals surface area contributed by atoms with Crippen molar-refractivity contribution in [2.24, 2.45) is 0 Å². The van der Waals surface area contributed by atoms with Crippen LogP contribution in [0.5, 0.6) is 0 Å². The molecule has 8 heteroatoms. The molecular weight excluding hydrogens is 342 g/mol. The Balaban J connectivity index is 1.39. The number of hydrogen-bond donors (Lipinski definition) is 1. The maximum Gasteiger partial charge on any atom is 0.323 e. The lowest BCUT2D eigenvalue weighted by Gasteiger charge is -2.35. The molecular formula is C19H19N7O. The fourth-order valence-electron chi connectivity index (χ4n) is 2.95. The van der Waals surface area contributed by atoms with Crippen molar-refractivity contribution in [3.63, 3.8) is 0 Å². The first-order valence-electron chi connectivity index (χ1n) is 8.76. The molecule has 2 amide bonds. The third-order valence-electron chi connectivity index (χ3n) is 4.39. The Morgan fingerprint density at radius 1 is 0.963 bits per heavy atom. The largest absolute Gasteiger partial charge is 0.352 e. The van der Waals surface area contributed by atoms with Crippen molar-refractivity contribution < 1.29 is 4.79 Å². The summed E-state index contributed by atoms with van der Waals surface area (Å²) in [5.41, 5.74) is 1.88. The van der Waals surface area contributed by atoms with Gasteiger partial charge in [-0.3, -0.25) is 10.3 Å². The summed E-state index contributed by atoms with van der Waals surface area (Å²) in [4.78, 5) is 25.3. The number of hydrogen-bond acceptors (Lipinski definition) is 6. The summed E-state index contributed by atoms with van der Waals surface area (Å²) in [7, 11) is 0. The molecule has 0 saturated carbocycles. The molecule has 0 aliphatic carbocycles. The molecule has 0 atom stereocenters. The van der Waals surface area contributed by atoms with E-state index in [4.69, 9.17) is 4.98 Å². The average molecular weight is 361 g/mol. The van der Waals surface area contributed by atoms with Crippen molar-refractivity contribution in [1.29, 1.82) is 0 Å². The minimum absolute atomic E-state index is 0.167. The second-order valence-corrected chi connectivity index (χ2v) is 6.14. The van der Waals surface area contributed by atoms with E-state index < -0.39 is 0 Å². The molecule has 27 heavy (non-hydrogen) atoms. The van der Waals surface area contributed by atoms with E-state index in [1.165, 1.54) is 0 Å². The second kappa shape index (κ2) is 7.77. The molecule has 1 aromatic carbocycles. The third kappa shape index (κ3) is 4.00. The number of aromatic nitrogens is 4. The molecule has 0 radical (unpaired) electrons. The van der Waals surface area contributed by atoms with E-state index in [9.17, 15) is 4.79 Å². The Bertz CT molecular complexity index is 896. The summed E-state index contributed by atoms with van der Waals surface area (Å²) in [6.07, 6.45) is 5.10. The summed E-state index contributed by atoms with van der Waals surface area (Å²) in [6, 6.07) is 13.3. The molecule has 4 rings (SSSR count). The number of anilines is 2. The first kappa shape index (κ1) is 16.9. The molecule has 0 bridgehead atoms. The molecule has 1 aliphatic heterocycles. The first-order valence-corrected chi connectivity index (χ1v) is 8.76. The summed E-state index contributed by atoms with van der Waals surface area (Å²) >= 11 is 0. The van der Waals surface area contributed by atoms with Crippen LogP contribution in [0.1, 0.15) is 0 Å². The molecule has 3 heterocycles. The van der Waals surface area contributed by atoms with Crippen LogP contribution in [0.2, 0.25) is 0 Å². The van der Waals surface area contributed by atoms with Crippen molar-refractivity contribution in [2.75, 3.05) is 36.4 Å². The molecule has 3 aromatic rings. The van der Waals surface area contributed by atoms with Crippen LogP contribution in [-0.2, 0) is 0 Å². The van der Waals surface area contributed by atoms with Crippen LogP contribution in [0.3, 0.4) is 0 Å². The summed E-state index contributed by atoms with van der Waals surface area (Å²) in [5, 5.41) is 10.4. The number of carbonyl (C=O) groups is 1. The number of piperazine rings is 1. The van der Waals surface area contributed by atoms with E-state index in [2.05, 4.69) is 25.4 Å². The Labute approximate surface area is 156 Å². The Morgan fingerprint density at radius 2 is 1.78 bits per heavy atom. The van der Waals surface area contributed by atoms with Gasteiger partial charge in [-0.2, -0.15) is 5.10 Å². The fourth-order valence-corrected chi connectivity index (χ4v) is 2.95. The number of rotatable bonds is 3. The van der Waals surface area contributed by atoms with Crippen LogP contribution in [0, 0.1) is 0 Å². The molecule has 136 valence electrons. The number of nitrogens with one attached hydrogen (secondary N) is 1. The average Bonchev–Trinajstić information content (AvgIpc) is 2.75. The lowest BCUT2D eigenvalue weighted by atomic mass is 10.2. The van der Waals surface area contributed by atoms with Gasteiger partial charge in [0.05, 0.1) is 18.1 Å². The zero-order valence-corrected chi connectivity index (χ0v) is 14.7. The van der Waals surface area contributed by atoms with E-state index in [-0.39, 0.29) is 6.03 Å². The second-order valence-electron chi connectivity index (χ2n) is 6.14. The van der Waals surface area contributed by atoms with Gasteiger partial charge in [0.25, 0.3) is 0 Å². The van der Waals surface area contributed by atoms with Gasteiger partial charge in [-0.05, 0) is 12.1 Å². The summed E-state index contributed by atoms with van der Waals surface area (Å²) in [5.74, 6) is 1.27. The van der Waals surface area contributed by atoms with Gasteiger partial charge in [-0.15, -0.1) is 5.10 Å². The predicted molar refractivity (Wildman–Crippen MR) is 102 cm³/mol. The Kier molecular flexibility index (Phi) is 4.86. The zero-order chi connectivity index (χ0) is 18.5. The van der Waals surface area contributed by atoms with Crippen molar-refractivity contribution >= 4 is 17.7 Å². The molecule has 0 spiro atoms. The summed E-state index contributed by atoms with van der Waals surface area (Å²) < 4.78 is 0. The smallest absolute Gasteiger partial charge is 0.323 e. The van der Waals surface area contributed by atoms with Gasteiger partial charge in [0.1, 0.15) is 5.82 Å². The number of carbonyl (C=O) groups excluding carboxylic acids is 1. The van der Waals surface area contributed by atoms with Gasteiger partial charge in [-0.25, -0.2) is 9.78 Å². The Morgan fingerprint density at radius 3 is 2.52 bits per heavy atom. The van der Waals surface area contributed by atoms with Crippen LogP contribution in [-0.4, -0.2) is 57.3 Å². The number of benzene rings is 1. The van der Waals surface area contributed by atoms with Gasteiger partial charge in [0.15, 0.2) is 5.82 Å². The number of nitrogens with zero attached hydrogens (tertiary/aromatic N) is 6. The highest BCUT2D eigenvalue weighted by Gasteiger charge is 2.22. The Hall–Kier alpha value is -3.55. The molecule has 1 saturated heterocycles. The van der Waals surface area contributed by atoms with Gasteiger partial charge in [0, 0.05) is 37.9 Å². The standard InChI is InChI=1S/C19H19N7O/c27-19(23-17-7-4-8-21-24-17)26-11-9-25(10-12-26)18-14-20-13-16(22-18)15-5-2-1-3-6-15/h1-8,13-14H,9-12H2,(H,23,24,27). The van der Waals surface area contributed by atoms with Crippen molar-refractivity contribution in [2.45, 2.75) is 0 Å². The molecule has 8 nitrogen and oxygen atoms in total. The van der Waals surface area contributed by atoms with Crippen molar-refractivity contribution in [3.8, 4) is 11.3 Å². The topological polar surface area (TPSA) is 87.1 Å². The molecule has 2 aromatic heterocycles. The number of urea groups is 1. The molecule has 1 N–H and O–H groups in total. The van der Waals surface area contributed by atoms with Gasteiger partial charge >= 0.3 is 6.03 Å². The van der Waals surface area contributed by atoms with Crippen molar-refractivity contribution in [3.05, 3.63) is 61.1 Å². The van der Waals surface area contributed by atoms with E-state index in [0.717, 1.165) is 17.1 Å². The van der Waals surface area contributed by atoms with E-state index >= 15 is 0 Å². The lowest BCUT2D eigenvalue weighted by Crippen LogP contribution is -2.50. The normalized spacial score (nSPS) is 14.1. The lowest BCUT2D eigenvalue weighted by molar-refractivity contribution is 0.208. The first-order chi connectivity index (χ1) is 13.3. The zero-order valence-electron chi connectivity index (χ0n) is 14.7. The van der Waals surface area contributed by atoms with Crippen LogP contribution in [0.25, 0.3) is 11.3 Å². The van der Waals surface area contributed by atoms with E-state index in [1.54, 1.807) is 35.6 Å². The highest BCUT2D eigenvalue weighted by molar-refractivity contribution is 5.88.